The molecule has 1 heterocycles. The molecule has 2 rings (SSSR count). The van der Waals surface area contributed by atoms with E-state index in [2.05, 4.69) is 40.5 Å². The van der Waals surface area contributed by atoms with Crippen LogP contribution >= 0.6 is 0 Å². The normalized spacial score (nSPS) is 20.9. The van der Waals surface area contributed by atoms with Crippen LogP contribution in [0.4, 0.5) is 0 Å². The predicted molar refractivity (Wildman–Crippen MR) is 73.4 cm³/mol. The van der Waals surface area contributed by atoms with Crippen molar-refractivity contribution >= 4 is 0 Å². The highest BCUT2D eigenvalue weighted by Crippen LogP contribution is 2.26. The smallest absolute Gasteiger partial charge is 0.00507 e. The lowest BCUT2D eigenvalue weighted by Gasteiger charge is -2.16. The van der Waals surface area contributed by atoms with Gasteiger partial charge in [-0.2, -0.15) is 0 Å². The molecule has 0 aromatic heterocycles. The van der Waals surface area contributed by atoms with Crippen LogP contribution in [-0.4, -0.2) is 38.1 Å². The molecule has 0 spiro atoms. The number of nitrogens with zero attached hydrogens (tertiary/aromatic N) is 1. The summed E-state index contributed by atoms with van der Waals surface area (Å²) in [5, 5.41) is 3.21. The molecular formula is C15H24N2. The number of unbranched alkanes of at least 4 members (excludes halogenated alkanes) is 1. The van der Waals surface area contributed by atoms with Crippen LogP contribution in [0.15, 0.2) is 30.3 Å². The second-order valence-electron chi connectivity index (χ2n) is 5.01. The number of nitrogens with one attached hydrogen (secondary N) is 1. The molecule has 1 aromatic rings. The highest BCUT2D eigenvalue weighted by molar-refractivity contribution is 5.20. The van der Waals surface area contributed by atoms with E-state index in [1.54, 1.807) is 0 Å². The van der Waals surface area contributed by atoms with Crippen molar-refractivity contribution in [3.8, 4) is 0 Å². The number of hydrogen-bond acceptors (Lipinski definition) is 2. The summed E-state index contributed by atoms with van der Waals surface area (Å²) in [6.45, 7) is 4.95. The van der Waals surface area contributed by atoms with E-state index >= 15 is 0 Å². The maximum absolute atomic E-state index is 3.21. The van der Waals surface area contributed by atoms with Gasteiger partial charge in [0.15, 0.2) is 0 Å². The van der Waals surface area contributed by atoms with Gasteiger partial charge in [-0.25, -0.2) is 0 Å². The lowest BCUT2D eigenvalue weighted by atomic mass is 9.99. The van der Waals surface area contributed by atoms with Gasteiger partial charge in [-0.1, -0.05) is 30.3 Å². The summed E-state index contributed by atoms with van der Waals surface area (Å²) >= 11 is 0. The van der Waals surface area contributed by atoms with Crippen LogP contribution in [-0.2, 0) is 0 Å². The van der Waals surface area contributed by atoms with Gasteiger partial charge in [-0.05, 0) is 57.4 Å². The number of hydrogen-bond donors (Lipinski definition) is 1. The first-order valence-electron chi connectivity index (χ1n) is 6.82. The summed E-state index contributed by atoms with van der Waals surface area (Å²) < 4.78 is 0. The number of benzene rings is 1. The Morgan fingerprint density at radius 3 is 2.82 bits per heavy atom. The summed E-state index contributed by atoms with van der Waals surface area (Å²) in [7, 11) is 2.03. The van der Waals surface area contributed by atoms with Crippen molar-refractivity contribution in [2.75, 3.05) is 33.2 Å². The monoisotopic (exact) mass is 232 g/mol. The third kappa shape index (κ3) is 3.83. The van der Waals surface area contributed by atoms with Gasteiger partial charge in [0.25, 0.3) is 0 Å². The minimum atomic E-state index is 0.764. The Bertz CT molecular complexity index is 310. The Hall–Kier alpha value is -0.860. The molecular weight excluding hydrogens is 208 g/mol. The Kier molecular flexibility index (Phi) is 5.02. The van der Waals surface area contributed by atoms with Gasteiger partial charge in [0.2, 0.25) is 0 Å². The molecule has 2 nitrogen and oxygen atoms in total. The summed E-state index contributed by atoms with van der Waals surface area (Å²) in [4.78, 5) is 2.62. The molecule has 1 aliphatic rings. The molecule has 17 heavy (non-hydrogen) atoms. The van der Waals surface area contributed by atoms with Crippen molar-refractivity contribution in [1.29, 1.82) is 0 Å². The van der Waals surface area contributed by atoms with E-state index in [0.717, 1.165) is 12.5 Å². The molecule has 0 saturated carbocycles. The largest absolute Gasteiger partial charge is 0.320 e. The minimum absolute atomic E-state index is 0.764. The Balaban J connectivity index is 1.72. The van der Waals surface area contributed by atoms with Crippen molar-refractivity contribution < 1.29 is 0 Å². The second-order valence-corrected chi connectivity index (χ2v) is 5.01. The molecule has 0 radical (unpaired) electrons. The molecule has 0 aliphatic carbocycles. The Labute approximate surface area is 105 Å². The Morgan fingerprint density at radius 1 is 1.24 bits per heavy atom. The van der Waals surface area contributed by atoms with E-state index in [1.807, 2.05) is 7.05 Å². The van der Waals surface area contributed by atoms with E-state index in [9.17, 15) is 0 Å². The quantitative estimate of drug-likeness (QED) is 0.758. The van der Waals surface area contributed by atoms with Gasteiger partial charge in [-0.15, -0.1) is 0 Å². The topological polar surface area (TPSA) is 15.3 Å². The van der Waals surface area contributed by atoms with Crippen LogP contribution in [0, 0.1) is 0 Å². The van der Waals surface area contributed by atoms with Gasteiger partial charge in [-0.3, -0.25) is 0 Å². The summed E-state index contributed by atoms with van der Waals surface area (Å²) in [6.07, 6.45) is 3.95. The van der Waals surface area contributed by atoms with E-state index in [1.165, 1.54) is 44.5 Å². The fraction of sp³-hybridized carbons (Fsp3) is 0.600. The fourth-order valence-corrected chi connectivity index (χ4v) is 2.67. The molecule has 94 valence electrons. The van der Waals surface area contributed by atoms with E-state index < -0.39 is 0 Å². The van der Waals surface area contributed by atoms with Crippen LogP contribution in [0.25, 0.3) is 0 Å². The highest BCUT2D eigenvalue weighted by atomic mass is 15.1. The predicted octanol–water partition coefficient (Wildman–Crippen LogP) is 2.48. The van der Waals surface area contributed by atoms with Crippen molar-refractivity contribution in [2.24, 2.45) is 0 Å². The highest BCUT2D eigenvalue weighted by Gasteiger charge is 2.22. The average Bonchev–Trinajstić information content (AvgIpc) is 2.85. The fourth-order valence-electron chi connectivity index (χ4n) is 2.67. The average molecular weight is 232 g/mol. The molecule has 0 amide bonds. The number of likely N-dealkylation sites (tertiary alicyclic amines) is 1. The molecule has 1 N–H and O–H groups in total. The van der Waals surface area contributed by atoms with Crippen LogP contribution in [0.3, 0.4) is 0 Å². The molecule has 0 bridgehead atoms. The molecule has 1 atom stereocenters. The third-order valence-corrected chi connectivity index (χ3v) is 3.69. The van der Waals surface area contributed by atoms with Gasteiger partial charge < -0.3 is 10.2 Å². The van der Waals surface area contributed by atoms with Crippen LogP contribution in [0.2, 0.25) is 0 Å². The first kappa shape index (κ1) is 12.6. The first-order chi connectivity index (χ1) is 8.40. The lowest BCUT2D eigenvalue weighted by Crippen LogP contribution is -2.22. The molecule has 2 heteroatoms. The second kappa shape index (κ2) is 6.77. The zero-order chi connectivity index (χ0) is 11.9. The zero-order valence-corrected chi connectivity index (χ0v) is 10.9. The Morgan fingerprint density at radius 2 is 2.06 bits per heavy atom. The van der Waals surface area contributed by atoms with Gasteiger partial charge in [0.05, 0.1) is 0 Å². The molecule has 1 aliphatic heterocycles. The first-order valence-corrected chi connectivity index (χ1v) is 6.82. The van der Waals surface area contributed by atoms with Crippen LogP contribution in [0.5, 0.6) is 0 Å². The summed E-state index contributed by atoms with van der Waals surface area (Å²) in [5.41, 5.74) is 1.52. The zero-order valence-electron chi connectivity index (χ0n) is 10.9. The van der Waals surface area contributed by atoms with E-state index in [4.69, 9.17) is 0 Å². The molecule has 1 saturated heterocycles. The van der Waals surface area contributed by atoms with Gasteiger partial charge in [0.1, 0.15) is 0 Å². The standard InChI is InChI=1S/C15H24N2/c1-16-10-5-6-11-17-12-9-15(13-17)14-7-3-2-4-8-14/h2-4,7-8,15-16H,5-6,9-13H2,1H3. The van der Waals surface area contributed by atoms with Crippen LogP contribution < -0.4 is 5.32 Å². The summed E-state index contributed by atoms with van der Waals surface area (Å²) in [6, 6.07) is 11.0. The van der Waals surface area contributed by atoms with E-state index in [-0.39, 0.29) is 0 Å². The summed E-state index contributed by atoms with van der Waals surface area (Å²) in [5.74, 6) is 0.764. The van der Waals surface area contributed by atoms with Gasteiger partial charge in [0, 0.05) is 6.54 Å². The van der Waals surface area contributed by atoms with Crippen LogP contribution in [0.1, 0.15) is 30.7 Å². The third-order valence-electron chi connectivity index (χ3n) is 3.69. The number of rotatable bonds is 6. The lowest BCUT2D eigenvalue weighted by molar-refractivity contribution is 0.325. The van der Waals surface area contributed by atoms with Crippen molar-refractivity contribution in [1.82, 2.24) is 10.2 Å². The maximum Gasteiger partial charge on any atom is 0.00507 e. The van der Waals surface area contributed by atoms with Gasteiger partial charge >= 0.3 is 0 Å². The molecule has 1 unspecified atom stereocenters. The molecule has 1 aromatic carbocycles. The SMILES string of the molecule is CNCCCCN1CCC(c2ccccc2)C1. The van der Waals surface area contributed by atoms with Crippen molar-refractivity contribution in [2.45, 2.75) is 25.2 Å². The maximum atomic E-state index is 3.21. The van der Waals surface area contributed by atoms with E-state index in [0.29, 0.717) is 0 Å². The minimum Gasteiger partial charge on any atom is -0.320 e. The van der Waals surface area contributed by atoms with Crippen molar-refractivity contribution in [3.05, 3.63) is 35.9 Å². The van der Waals surface area contributed by atoms with Crippen molar-refractivity contribution in [3.63, 3.8) is 0 Å². The molecule has 1 fully saturated rings.